The molecule has 4 nitrogen and oxygen atoms in total. The molecule has 0 aromatic carbocycles. The molecule has 5 heteroatoms. The summed E-state index contributed by atoms with van der Waals surface area (Å²) < 4.78 is 25.3. The molecule has 0 heterocycles. The van der Waals surface area contributed by atoms with Crippen LogP contribution in [0.25, 0.3) is 0 Å². The third-order valence-electron chi connectivity index (χ3n) is 0.998. The van der Waals surface area contributed by atoms with Crippen LogP contribution in [0, 0.1) is 0 Å². The number of rotatable bonds is 6. The summed E-state index contributed by atoms with van der Waals surface area (Å²) in [5, 5.41) is 0. The Morgan fingerprint density at radius 3 is 2.64 bits per heavy atom. The van der Waals surface area contributed by atoms with Gasteiger partial charge in [0.25, 0.3) is 0 Å². The van der Waals surface area contributed by atoms with Crippen molar-refractivity contribution in [3.8, 4) is 0 Å². The molecule has 0 rings (SSSR count). The highest BCUT2D eigenvalue weighted by molar-refractivity contribution is 7.57. The van der Waals surface area contributed by atoms with Crippen LogP contribution in [0.2, 0.25) is 0 Å². The lowest BCUT2D eigenvalue weighted by Crippen LogP contribution is -1.97. The highest BCUT2D eigenvalue weighted by atomic mass is 31.2. The predicted molar refractivity (Wildman–Crippen MR) is 42.4 cm³/mol. The Balaban J connectivity index is 3.70. The van der Waals surface area contributed by atoms with Crippen molar-refractivity contribution in [2.24, 2.45) is 0 Å². The third-order valence-corrected chi connectivity index (χ3v) is 2.42. The SMILES string of the molecule is C=CP(=O)(OC)OCOCC. The van der Waals surface area contributed by atoms with Crippen molar-refractivity contribution in [2.45, 2.75) is 6.92 Å². The second-order valence-electron chi connectivity index (χ2n) is 1.64. The van der Waals surface area contributed by atoms with Gasteiger partial charge >= 0.3 is 7.60 Å². The Morgan fingerprint density at radius 1 is 1.64 bits per heavy atom. The van der Waals surface area contributed by atoms with E-state index >= 15 is 0 Å². The molecular formula is C6H13O4P. The van der Waals surface area contributed by atoms with Gasteiger partial charge in [0.05, 0.1) is 0 Å². The first-order chi connectivity index (χ1) is 5.18. The summed E-state index contributed by atoms with van der Waals surface area (Å²) >= 11 is 0. The topological polar surface area (TPSA) is 44.8 Å². The van der Waals surface area contributed by atoms with Gasteiger partial charge in [-0.15, -0.1) is 0 Å². The first-order valence-corrected chi connectivity index (χ1v) is 4.81. The molecule has 11 heavy (non-hydrogen) atoms. The number of ether oxygens (including phenoxy) is 1. The molecule has 0 amide bonds. The molecule has 66 valence electrons. The van der Waals surface area contributed by atoms with Crippen LogP contribution in [-0.4, -0.2) is 20.5 Å². The standard InChI is InChI=1S/C6H13O4P/c1-4-9-6-10-11(7,5-2)8-3/h5H,2,4,6H2,1,3H3. The average molecular weight is 180 g/mol. The van der Waals surface area contributed by atoms with Crippen LogP contribution in [0.4, 0.5) is 0 Å². The fraction of sp³-hybridized carbons (Fsp3) is 0.667. The van der Waals surface area contributed by atoms with Crippen LogP contribution in [-0.2, 0) is 18.3 Å². The Morgan fingerprint density at radius 2 is 2.27 bits per heavy atom. The van der Waals surface area contributed by atoms with Gasteiger partial charge in [0, 0.05) is 19.5 Å². The summed E-state index contributed by atoms with van der Waals surface area (Å²) in [4.78, 5) is 0. The van der Waals surface area contributed by atoms with Gasteiger partial charge in [0.2, 0.25) is 0 Å². The van der Waals surface area contributed by atoms with Gasteiger partial charge in [-0.2, -0.15) is 0 Å². The molecule has 1 unspecified atom stereocenters. The molecule has 0 aliphatic heterocycles. The van der Waals surface area contributed by atoms with Gasteiger partial charge in [0.1, 0.15) is 0 Å². The number of hydrogen-bond donors (Lipinski definition) is 0. The molecule has 0 radical (unpaired) electrons. The van der Waals surface area contributed by atoms with Gasteiger partial charge in [-0.3, -0.25) is 9.09 Å². The number of hydrogen-bond acceptors (Lipinski definition) is 4. The quantitative estimate of drug-likeness (QED) is 0.356. The maximum absolute atomic E-state index is 11.2. The highest BCUT2D eigenvalue weighted by Crippen LogP contribution is 2.47. The Labute approximate surface area is 66.7 Å². The van der Waals surface area contributed by atoms with E-state index in [1.807, 2.05) is 6.92 Å². The molecule has 0 saturated heterocycles. The highest BCUT2D eigenvalue weighted by Gasteiger charge is 2.16. The van der Waals surface area contributed by atoms with E-state index in [1.54, 1.807) is 0 Å². The summed E-state index contributed by atoms with van der Waals surface area (Å²) in [7, 11) is -1.77. The second kappa shape index (κ2) is 5.49. The van der Waals surface area contributed by atoms with Crippen LogP contribution in [0.5, 0.6) is 0 Å². The smallest absolute Gasteiger partial charge is 0.355 e. The molecule has 0 fully saturated rings. The molecule has 0 N–H and O–H groups in total. The van der Waals surface area contributed by atoms with Crippen molar-refractivity contribution >= 4 is 7.60 Å². The maximum atomic E-state index is 11.2. The normalized spacial score (nSPS) is 15.8. The molecule has 1 atom stereocenters. The monoisotopic (exact) mass is 180 g/mol. The van der Waals surface area contributed by atoms with Crippen molar-refractivity contribution in [1.29, 1.82) is 0 Å². The minimum Gasteiger partial charge on any atom is -0.355 e. The summed E-state index contributed by atoms with van der Waals surface area (Å²) in [5.74, 6) is 1.14. The molecule has 0 aliphatic carbocycles. The Hall–Kier alpha value is -0.150. The minimum absolute atomic E-state index is 0.0341. The van der Waals surface area contributed by atoms with Crippen LogP contribution >= 0.6 is 7.60 Å². The van der Waals surface area contributed by atoms with Gasteiger partial charge in [-0.05, 0) is 6.92 Å². The summed E-state index contributed by atoms with van der Waals surface area (Å²) in [5.41, 5.74) is 0. The maximum Gasteiger partial charge on any atom is 0.355 e. The average Bonchev–Trinajstić information content (AvgIpc) is 2.05. The molecule has 0 aromatic rings. The lowest BCUT2D eigenvalue weighted by atomic mass is 10.9. The van der Waals surface area contributed by atoms with E-state index in [-0.39, 0.29) is 6.79 Å². The minimum atomic E-state index is -3.07. The summed E-state index contributed by atoms with van der Waals surface area (Å²) in [6, 6.07) is 0. The van der Waals surface area contributed by atoms with E-state index in [0.29, 0.717) is 6.61 Å². The molecule has 0 saturated carbocycles. The van der Waals surface area contributed by atoms with E-state index in [4.69, 9.17) is 9.26 Å². The van der Waals surface area contributed by atoms with Gasteiger partial charge < -0.3 is 9.26 Å². The van der Waals surface area contributed by atoms with Crippen molar-refractivity contribution in [2.75, 3.05) is 20.5 Å². The van der Waals surface area contributed by atoms with Gasteiger partial charge in [-0.1, -0.05) is 6.58 Å². The lowest BCUT2D eigenvalue weighted by molar-refractivity contribution is 0.0155. The summed E-state index contributed by atoms with van der Waals surface area (Å²) in [6.07, 6.45) is 0. The second-order valence-corrected chi connectivity index (χ2v) is 3.71. The molecule has 0 aromatic heterocycles. The summed E-state index contributed by atoms with van der Waals surface area (Å²) in [6.45, 7) is 5.61. The van der Waals surface area contributed by atoms with E-state index in [9.17, 15) is 4.57 Å². The third kappa shape index (κ3) is 4.32. The van der Waals surface area contributed by atoms with Gasteiger partial charge in [-0.25, -0.2) is 0 Å². The van der Waals surface area contributed by atoms with Crippen LogP contribution in [0.3, 0.4) is 0 Å². The molecule has 0 aliphatic rings. The van der Waals surface area contributed by atoms with Crippen LogP contribution < -0.4 is 0 Å². The van der Waals surface area contributed by atoms with Gasteiger partial charge in [0.15, 0.2) is 6.79 Å². The van der Waals surface area contributed by atoms with E-state index in [1.165, 1.54) is 7.11 Å². The van der Waals surface area contributed by atoms with Crippen LogP contribution in [0.1, 0.15) is 6.92 Å². The van der Waals surface area contributed by atoms with Crippen molar-refractivity contribution in [3.63, 3.8) is 0 Å². The zero-order chi connectivity index (χ0) is 8.74. The predicted octanol–water partition coefficient (Wildman–Crippen LogP) is 1.98. The Bertz CT molecular complexity index is 157. The molecule has 0 spiro atoms. The fourth-order valence-electron chi connectivity index (χ4n) is 0.374. The largest absolute Gasteiger partial charge is 0.355 e. The van der Waals surface area contributed by atoms with E-state index < -0.39 is 7.60 Å². The molecular weight excluding hydrogens is 167 g/mol. The van der Waals surface area contributed by atoms with E-state index in [0.717, 1.165) is 5.82 Å². The zero-order valence-corrected chi connectivity index (χ0v) is 7.67. The Kier molecular flexibility index (Phi) is 5.42. The van der Waals surface area contributed by atoms with E-state index in [2.05, 4.69) is 11.1 Å². The first kappa shape index (κ1) is 10.8. The lowest BCUT2D eigenvalue weighted by Gasteiger charge is -2.10. The molecule has 0 bridgehead atoms. The van der Waals surface area contributed by atoms with Crippen molar-refractivity contribution in [3.05, 3.63) is 12.4 Å². The van der Waals surface area contributed by atoms with Crippen molar-refractivity contribution in [1.82, 2.24) is 0 Å². The zero-order valence-electron chi connectivity index (χ0n) is 6.78. The fourth-order valence-corrected chi connectivity index (χ4v) is 0.955. The first-order valence-electron chi connectivity index (χ1n) is 3.20. The van der Waals surface area contributed by atoms with Crippen molar-refractivity contribution < 1.29 is 18.3 Å². The van der Waals surface area contributed by atoms with Crippen LogP contribution in [0.15, 0.2) is 12.4 Å².